The number of hydrogen-bond donors (Lipinski definition) is 1. The first-order chi connectivity index (χ1) is 9.96. The molecule has 21 heavy (non-hydrogen) atoms. The summed E-state index contributed by atoms with van der Waals surface area (Å²) >= 11 is 0. The first-order valence-corrected chi connectivity index (χ1v) is 8.12. The standard InChI is InChI=1S/C14H16N4O2S/c1-11-4-6-18(7-5-11)21(19,20)17-14-3-2-12(9-15)13(8-14)10-16/h2-3,8,11,17H,4-7H2,1H3. The summed E-state index contributed by atoms with van der Waals surface area (Å²) in [5.74, 6) is 0.538. The Morgan fingerprint density at radius 3 is 2.38 bits per heavy atom. The van der Waals surface area contributed by atoms with Gasteiger partial charge in [0.1, 0.15) is 12.1 Å². The zero-order valence-corrected chi connectivity index (χ0v) is 12.5. The summed E-state index contributed by atoms with van der Waals surface area (Å²) < 4.78 is 28.4. The maximum absolute atomic E-state index is 12.3. The molecule has 0 radical (unpaired) electrons. The van der Waals surface area contributed by atoms with Crippen LogP contribution in [-0.2, 0) is 10.2 Å². The highest BCUT2D eigenvalue weighted by Crippen LogP contribution is 2.21. The Morgan fingerprint density at radius 1 is 1.19 bits per heavy atom. The van der Waals surface area contributed by atoms with Crippen LogP contribution in [-0.4, -0.2) is 25.8 Å². The Kier molecular flexibility index (Phi) is 4.46. The van der Waals surface area contributed by atoms with Crippen molar-refractivity contribution < 1.29 is 8.42 Å². The van der Waals surface area contributed by atoms with Crippen molar-refractivity contribution in [2.45, 2.75) is 19.8 Å². The molecular formula is C14H16N4O2S. The highest BCUT2D eigenvalue weighted by atomic mass is 32.2. The second kappa shape index (κ2) is 6.13. The molecule has 1 aromatic carbocycles. The molecule has 0 atom stereocenters. The van der Waals surface area contributed by atoms with Crippen LogP contribution in [0, 0.1) is 28.6 Å². The van der Waals surface area contributed by atoms with Crippen LogP contribution >= 0.6 is 0 Å². The minimum Gasteiger partial charge on any atom is -0.271 e. The maximum Gasteiger partial charge on any atom is 0.301 e. The number of nitrogens with zero attached hydrogens (tertiary/aromatic N) is 3. The van der Waals surface area contributed by atoms with E-state index < -0.39 is 10.2 Å². The van der Waals surface area contributed by atoms with Gasteiger partial charge in [-0.1, -0.05) is 6.92 Å². The molecule has 1 aromatic rings. The highest BCUT2D eigenvalue weighted by molar-refractivity contribution is 7.90. The Labute approximate surface area is 124 Å². The zero-order chi connectivity index (χ0) is 15.5. The van der Waals surface area contributed by atoms with E-state index in [4.69, 9.17) is 10.5 Å². The Morgan fingerprint density at radius 2 is 1.81 bits per heavy atom. The van der Waals surface area contributed by atoms with Gasteiger partial charge in [-0.05, 0) is 37.0 Å². The summed E-state index contributed by atoms with van der Waals surface area (Å²) in [5.41, 5.74) is 0.682. The quantitative estimate of drug-likeness (QED) is 0.921. The van der Waals surface area contributed by atoms with E-state index in [1.54, 1.807) is 0 Å². The molecule has 0 aromatic heterocycles. The van der Waals surface area contributed by atoms with Crippen LogP contribution in [0.3, 0.4) is 0 Å². The van der Waals surface area contributed by atoms with E-state index in [-0.39, 0.29) is 11.1 Å². The second-order valence-electron chi connectivity index (χ2n) is 5.17. The minimum absolute atomic E-state index is 0.157. The Bertz CT molecular complexity index is 707. The maximum atomic E-state index is 12.3. The van der Waals surface area contributed by atoms with Gasteiger partial charge >= 0.3 is 10.2 Å². The summed E-state index contributed by atoms with van der Waals surface area (Å²) in [5, 5.41) is 17.8. The predicted molar refractivity (Wildman–Crippen MR) is 78.4 cm³/mol. The normalized spacial score (nSPS) is 16.9. The number of benzene rings is 1. The molecule has 0 amide bonds. The third-order valence-corrected chi connectivity index (χ3v) is 5.13. The van der Waals surface area contributed by atoms with Crippen LogP contribution in [0.2, 0.25) is 0 Å². The molecule has 1 aliphatic heterocycles. The van der Waals surface area contributed by atoms with E-state index in [1.807, 2.05) is 12.1 Å². The van der Waals surface area contributed by atoms with Gasteiger partial charge in [-0.25, -0.2) is 0 Å². The molecule has 6 nitrogen and oxygen atoms in total. The molecule has 2 rings (SSSR count). The van der Waals surface area contributed by atoms with Crippen LogP contribution in [0.15, 0.2) is 18.2 Å². The summed E-state index contributed by atoms with van der Waals surface area (Å²) in [4.78, 5) is 0. The van der Waals surface area contributed by atoms with Gasteiger partial charge in [-0.2, -0.15) is 23.2 Å². The largest absolute Gasteiger partial charge is 0.301 e. The van der Waals surface area contributed by atoms with E-state index in [0.29, 0.717) is 24.7 Å². The third-order valence-electron chi connectivity index (χ3n) is 3.59. The van der Waals surface area contributed by atoms with Gasteiger partial charge in [0.25, 0.3) is 0 Å². The van der Waals surface area contributed by atoms with Gasteiger partial charge in [0.15, 0.2) is 0 Å². The number of nitrogens with one attached hydrogen (secondary N) is 1. The van der Waals surface area contributed by atoms with Crippen molar-refractivity contribution in [2.24, 2.45) is 5.92 Å². The summed E-state index contributed by atoms with van der Waals surface area (Å²) in [6.45, 7) is 3.10. The number of rotatable bonds is 3. The lowest BCUT2D eigenvalue weighted by Gasteiger charge is -2.29. The van der Waals surface area contributed by atoms with Gasteiger partial charge < -0.3 is 0 Å². The fourth-order valence-corrected chi connectivity index (χ4v) is 3.48. The molecule has 110 valence electrons. The van der Waals surface area contributed by atoms with Crippen LogP contribution < -0.4 is 4.72 Å². The molecular weight excluding hydrogens is 288 g/mol. The predicted octanol–water partition coefficient (Wildman–Crippen LogP) is 1.82. The SMILES string of the molecule is CC1CCN(S(=O)(=O)Nc2ccc(C#N)c(C#N)c2)CC1. The van der Waals surface area contributed by atoms with Crippen molar-refractivity contribution >= 4 is 15.9 Å². The van der Waals surface area contributed by atoms with Gasteiger partial charge in [0, 0.05) is 13.1 Å². The van der Waals surface area contributed by atoms with E-state index in [2.05, 4.69) is 11.6 Å². The lowest BCUT2D eigenvalue weighted by molar-refractivity contribution is 0.289. The lowest BCUT2D eigenvalue weighted by Crippen LogP contribution is -2.41. The fraction of sp³-hybridized carbons (Fsp3) is 0.429. The van der Waals surface area contributed by atoms with Gasteiger partial charge in [0.2, 0.25) is 0 Å². The van der Waals surface area contributed by atoms with Crippen LogP contribution in [0.25, 0.3) is 0 Å². The topological polar surface area (TPSA) is 97.0 Å². The van der Waals surface area contributed by atoms with Crippen LogP contribution in [0.1, 0.15) is 30.9 Å². The highest BCUT2D eigenvalue weighted by Gasteiger charge is 2.26. The minimum atomic E-state index is -3.61. The molecule has 7 heteroatoms. The van der Waals surface area contributed by atoms with Crippen molar-refractivity contribution in [3.63, 3.8) is 0 Å². The molecule has 0 aliphatic carbocycles. The summed E-state index contributed by atoms with van der Waals surface area (Å²) in [7, 11) is -3.61. The Hall–Kier alpha value is -2.09. The molecule has 1 N–H and O–H groups in total. The monoisotopic (exact) mass is 304 g/mol. The Balaban J connectivity index is 2.18. The molecule has 1 heterocycles. The van der Waals surface area contributed by atoms with Crippen molar-refractivity contribution in [1.82, 2.24) is 4.31 Å². The number of piperidine rings is 1. The third kappa shape index (κ3) is 3.52. The molecule has 0 bridgehead atoms. The van der Waals surface area contributed by atoms with Crippen molar-refractivity contribution in [3.8, 4) is 12.1 Å². The van der Waals surface area contributed by atoms with E-state index >= 15 is 0 Å². The fourth-order valence-electron chi connectivity index (χ4n) is 2.24. The van der Waals surface area contributed by atoms with E-state index in [1.165, 1.54) is 22.5 Å². The van der Waals surface area contributed by atoms with Crippen molar-refractivity contribution in [1.29, 1.82) is 10.5 Å². The summed E-state index contributed by atoms with van der Waals surface area (Å²) in [6.07, 6.45) is 1.69. The van der Waals surface area contributed by atoms with Crippen LogP contribution in [0.4, 0.5) is 5.69 Å². The average Bonchev–Trinajstić information content (AvgIpc) is 2.47. The number of nitriles is 2. The van der Waals surface area contributed by atoms with Crippen molar-refractivity contribution in [3.05, 3.63) is 29.3 Å². The van der Waals surface area contributed by atoms with Gasteiger partial charge in [-0.15, -0.1) is 0 Å². The average molecular weight is 304 g/mol. The first kappa shape index (κ1) is 15.3. The first-order valence-electron chi connectivity index (χ1n) is 6.68. The molecule has 0 saturated carbocycles. The number of anilines is 1. The van der Waals surface area contributed by atoms with Gasteiger partial charge in [0.05, 0.1) is 16.8 Å². The summed E-state index contributed by atoms with van der Waals surface area (Å²) in [6, 6.07) is 8.09. The van der Waals surface area contributed by atoms with E-state index in [0.717, 1.165) is 12.8 Å². The molecule has 1 fully saturated rings. The molecule has 0 unspecified atom stereocenters. The molecule has 1 saturated heterocycles. The van der Waals surface area contributed by atoms with Crippen molar-refractivity contribution in [2.75, 3.05) is 17.8 Å². The lowest BCUT2D eigenvalue weighted by atomic mass is 10.0. The smallest absolute Gasteiger partial charge is 0.271 e. The van der Waals surface area contributed by atoms with Gasteiger partial charge in [-0.3, -0.25) is 4.72 Å². The van der Waals surface area contributed by atoms with Crippen LogP contribution in [0.5, 0.6) is 0 Å². The molecule has 1 aliphatic rings. The van der Waals surface area contributed by atoms with E-state index in [9.17, 15) is 8.42 Å². The second-order valence-corrected chi connectivity index (χ2v) is 6.84. The molecule has 0 spiro atoms. The number of hydrogen-bond acceptors (Lipinski definition) is 4. The zero-order valence-electron chi connectivity index (χ0n) is 11.7.